The Bertz CT molecular complexity index is 632. The zero-order valence-electron chi connectivity index (χ0n) is 16.2. The predicted molar refractivity (Wildman–Crippen MR) is 97.5 cm³/mol. The average Bonchev–Trinajstić information content (AvgIpc) is 2.57. The van der Waals surface area contributed by atoms with Gasteiger partial charge in [0.1, 0.15) is 5.60 Å². The van der Waals surface area contributed by atoms with E-state index in [0.717, 1.165) is 0 Å². The first-order valence-electron chi connectivity index (χ1n) is 8.83. The van der Waals surface area contributed by atoms with E-state index in [-0.39, 0.29) is 31.0 Å². The van der Waals surface area contributed by atoms with Crippen LogP contribution in [-0.4, -0.2) is 47.3 Å². The molecule has 27 heavy (non-hydrogen) atoms. The van der Waals surface area contributed by atoms with Crippen LogP contribution in [0.25, 0.3) is 0 Å². The molecule has 6 nitrogen and oxygen atoms in total. The third-order valence-electron chi connectivity index (χ3n) is 3.74. The van der Waals surface area contributed by atoms with Crippen LogP contribution < -0.4 is 5.32 Å². The van der Waals surface area contributed by atoms with Gasteiger partial charge in [0.05, 0.1) is 19.1 Å². The van der Waals surface area contributed by atoms with Gasteiger partial charge in [-0.05, 0) is 39.3 Å². The van der Waals surface area contributed by atoms with E-state index in [2.05, 4.69) is 5.32 Å². The fraction of sp³-hybridized carbons (Fsp3) is 0.579. The second-order valence-corrected chi connectivity index (χ2v) is 7.07. The number of amides is 2. The third kappa shape index (κ3) is 7.90. The van der Waals surface area contributed by atoms with Crippen molar-refractivity contribution in [2.45, 2.75) is 52.2 Å². The number of rotatable bonds is 8. The van der Waals surface area contributed by atoms with E-state index < -0.39 is 24.2 Å². The number of alkyl carbamates (subject to hydrolysis) is 1. The molecule has 0 aliphatic carbocycles. The van der Waals surface area contributed by atoms with Crippen molar-refractivity contribution in [3.8, 4) is 0 Å². The Morgan fingerprint density at radius 1 is 1.26 bits per heavy atom. The fourth-order valence-electron chi connectivity index (χ4n) is 2.50. The highest BCUT2D eigenvalue weighted by molar-refractivity contribution is 5.78. The number of alkyl halides is 2. The lowest BCUT2D eigenvalue weighted by Crippen LogP contribution is -2.39. The fourth-order valence-corrected chi connectivity index (χ4v) is 2.50. The van der Waals surface area contributed by atoms with Crippen LogP contribution in [0.5, 0.6) is 0 Å². The molecule has 0 saturated heterocycles. The van der Waals surface area contributed by atoms with Gasteiger partial charge in [-0.25, -0.2) is 13.6 Å². The number of hydrogen-bond donors (Lipinski definition) is 2. The van der Waals surface area contributed by atoms with E-state index in [1.54, 1.807) is 33.8 Å². The number of nitrogens with zero attached hydrogens (tertiary/aromatic N) is 1. The lowest BCUT2D eigenvalue weighted by Gasteiger charge is -2.26. The molecule has 1 aromatic carbocycles. The molecule has 2 N–H and O–H groups in total. The molecule has 0 fully saturated rings. The number of carbonyl (C=O) groups excluding carboxylic acids is 2. The van der Waals surface area contributed by atoms with Gasteiger partial charge < -0.3 is 20.1 Å². The molecule has 0 aliphatic heterocycles. The number of nitrogens with one attached hydrogen (secondary N) is 1. The number of aliphatic hydroxyl groups is 1. The largest absolute Gasteiger partial charge is 0.444 e. The summed E-state index contributed by atoms with van der Waals surface area (Å²) in [6, 6.07) is 4.74. The highest BCUT2D eigenvalue weighted by Crippen LogP contribution is 2.25. The Hall–Kier alpha value is -2.22. The quantitative estimate of drug-likeness (QED) is 0.718. The lowest BCUT2D eigenvalue weighted by atomic mass is 10.0. The summed E-state index contributed by atoms with van der Waals surface area (Å²) in [6.45, 7) is 7.21. The van der Waals surface area contributed by atoms with E-state index in [1.165, 1.54) is 23.1 Å². The number of carbonyl (C=O) groups is 2. The Balaban J connectivity index is 3.07. The van der Waals surface area contributed by atoms with E-state index in [0.29, 0.717) is 12.1 Å². The summed E-state index contributed by atoms with van der Waals surface area (Å²) in [6.07, 6.45) is -3.54. The number of ether oxygens (including phenoxy) is 1. The monoisotopic (exact) mass is 386 g/mol. The number of halogens is 2. The zero-order chi connectivity index (χ0) is 20.6. The van der Waals surface area contributed by atoms with Gasteiger partial charge in [-0.1, -0.05) is 18.2 Å². The standard InChI is InChI=1S/C19H28F2N2O4/c1-5-23(9-10-24)16(25)12-15(22-18(26)27-19(2,3)4)13-7-6-8-14(11-13)17(20)21/h6-8,11,15,17,24H,5,9-10,12H2,1-4H3,(H,22,26). The molecule has 0 radical (unpaired) electrons. The van der Waals surface area contributed by atoms with Crippen LogP contribution in [0.2, 0.25) is 0 Å². The Kier molecular flexibility index (Phi) is 8.62. The molecule has 0 aromatic heterocycles. The number of aliphatic hydroxyl groups excluding tert-OH is 1. The van der Waals surface area contributed by atoms with Crippen molar-refractivity contribution < 1.29 is 28.2 Å². The minimum Gasteiger partial charge on any atom is -0.444 e. The number of benzene rings is 1. The Labute approximate surface area is 158 Å². The summed E-state index contributed by atoms with van der Waals surface area (Å²) in [5.74, 6) is -0.310. The minimum atomic E-state index is -2.66. The molecule has 1 atom stereocenters. The first-order valence-corrected chi connectivity index (χ1v) is 8.83. The molecule has 0 aliphatic rings. The van der Waals surface area contributed by atoms with Crippen LogP contribution in [0.4, 0.5) is 13.6 Å². The van der Waals surface area contributed by atoms with Crippen molar-refractivity contribution in [2.24, 2.45) is 0 Å². The van der Waals surface area contributed by atoms with Crippen molar-refractivity contribution in [3.05, 3.63) is 35.4 Å². The van der Waals surface area contributed by atoms with Gasteiger partial charge in [0.25, 0.3) is 6.43 Å². The highest BCUT2D eigenvalue weighted by Gasteiger charge is 2.25. The molecule has 152 valence electrons. The minimum absolute atomic E-state index is 0.139. The SMILES string of the molecule is CCN(CCO)C(=O)CC(NC(=O)OC(C)(C)C)c1cccc(C(F)F)c1. The summed E-state index contributed by atoms with van der Waals surface area (Å²) in [5.41, 5.74) is -0.554. The van der Waals surface area contributed by atoms with Crippen molar-refractivity contribution in [2.75, 3.05) is 19.7 Å². The van der Waals surface area contributed by atoms with Crippen LogP contribution in [0.1, 0.15) is 57.7 Å². The van der Waals surface area contributed by atoms with Crippen LogP contribution in [0.15, 0.2) is 24.3 Å². The number of likely N-dealkylation sites (N-methyl/N-ethyl adjacent to an activating group) is 1. The first-order chi connectivity index (χ1) is 12.6. The Morgan fingerprint density at radius 2 is 1.89 bits per heavy atom. The van der Waals surface area contributed by atoms with Crippen LogP contribution in [-0.2, 0) is 9.53 Å². The van der Waals surface area contributed by atoms with E-state index >= 15 is 0 Å². The molecular weight excluding hydrogens is 358 g/mol. The number of hydrogen-bond acceptors (Lipinski definition) is 4. The van der Waals surface area contributed by atoms with Gasteiger partial charge >= 0.3 is 6.09 Å². The lowest BCUT2D eigenvalue weighted by molar-refractivity contribution is -0.132. The second-order valence-electron chi connectivity index (χ2n) is 7.07. The van der Waals surface area contributed by atoms with Crippen LogP contribution in [0, 0.1) is 0 Å². The smallest absolute Gasteiger partial charge is 0.408 e. The molecule has 1 rings (SSSR count). The molecular formula is C19H28F2N2O4. The summed E-state index contributed by atoms with van der Waals surface area (Å²) in [4.78, 5) is 26.1. The molecule has 1 unspecified atom stereocenters. The Morgan fingerprint density at radius 3 is 2.41 bits per heavy atom. The van der Waals surface area contributed by atoms with E-state index in [4.69, 9.17) is 9.84 Å². The summed E-state index contributed by atoms with van der Waals surface area (Å²) in [7, 11) is 0. The molecule has 2 amide bonds. The van der Waals surface area contributed by atoms with Crippen molar-refractivity contribution in [1.29, 1.82) is 0 Å². The van der Waals surface area contributed by atoms with Gasteiger partial charge in [0, 0.05) is 18.7 Å². The van der Waals surface area contributed by atoms with Crippen molar-refractivity contribution >= 4 is 12.0 Å². The topological polar surface area (TPSA) is 78.9 Å². The van der Waals surface area contributed by atoms with Crippen LogP contribution in [0.3, 0.4) is 0 Å². The average molecular weight is 386 g/mol. The predicted octanol–water partition coefficient (Wildman–Crippen LogP) is 3.42. The summed E-state index contributed by atoms with van der Waals surface area (Å²) in [5, 5.41) is 11.7. The van der Waals surface area contributed by atoms with E-state index in [9.17, 15) is 18.4 Å². The molecule has 0 bridgehead atoms. The van der Waals surface area contributed by atoms with Gasteiger partial charge in [0.15, 0.2) is 0 Å². The normalized spacial score (nSPS) is 12.6. The van der Waals surface area contributed by atoms with Crippen molar-refractivity contribution in [1.82, 2.24) is 10.2 Å². The zero-order valence-corrected chi connectivity index (χ0v) is 16.2. The molecule has 8 heteroatoms. The second kappa shape index (κ2) is 10.2. The van der Waals surface area contributed by atoms with Crippen molar-refractivity contribution in [3.63, 3.8) is 0 Å². The summed E-state index contributed by atoms with van der Waals surface area (Å²) >= 11 is 0. The van der Waals surface area contributed by atoms with Gasteiger partial charge in [-0.3, -0.25) is 4.79 Å². The van der Waals surface area contributed by atoms with Crippen LogP contribution >= 0.6 is 0 Å². The molecule has 0 heterocycles. The first kappa shape index (κ1) is 22.8. The maximum atomic E-state index is 13.0. The van der Waals surface area contributed by atoms with Gasteiger partial charge in [-0.15, -0.1) is 0 Å². The van der Waals surface area contributed by atoms with E-state index in [1.807, 2.05) is 0 Å². The maximum Gasteiger partial charge on any atom is 0.408 e. The molecule has 1 aromatic rings. The maximum absolute atomic E-state index is 13.0. The summed E-state index contributed by atoms with van der Waals surface area (Å²) < 4.78 is 31.3. The third-order valence-corrected chi connectivity index (χ3v) is 3.74. The molecule has 0 saturated carbocycles. The van der Waals surface area contributed by atoms with Gasteiger partial charge in [0.2, 0.25) is 5.91 Å². The highest BCUT2D eigenvalue weighted by atomic mass is 19.3. The van der Waals surface area contributed by atoms with Gasteiger partial charge in [-0.2, -0.15) is 0 Å². The molecule has 0 spiro atoms.